The van der Waals surface area contributed by atoms with Crippen molar-refractivity contribution >= 4 is 35.3 Å². The molecule has 0 atom stereocenters. The molecular weight excluding hydrogens is 285 g/mol. The number of hydrogen-bond donors (Lipinski definition) is 1. The van der Waals surface area contributed by atoms with Crippen molar-refractivity contribution in [1.29, 1.82) is 0 Å². The molecular formula is C13H9Cl2N3O. The minimum atomic E-state index is -0.338. The van der Waals surface area contributed by atoms with E-state index in [-0.39, 0.29) is 5.91 Å². The third-order valence-corrected chi connectivity index (χ3v) is 2.82. The van der Waals surface area contributed by atoms with E-state index in [4.69, 9.17) is 23.2 Å². The summed E-state index contributed by atoms with van der Waals surface area (Å²) in [6.45, 7) is 0. The lowest BCUT2D eigenvalue weighted by molar-refractivity contribution is 0.0955. The monoisotopic (exact) mass is 293 g/mol. The van der Waals surface area contributed by atoms with E-state index in [1.807, 2.05) is 0 Å². The van der Waals surface area contributed by atoms with E-state index in [2.05, 4.69) is 15.5 Å². The standard InChI is InChI=1S/C13H9Cl2N3O/c14-11-4-3-9(12(15)6-11)8-17-18-13(19)10-2-1-5-16-7-10/h1-8H,(H,18,19)/b17-8-. The molecule has 1 aromatic heterocycles. The number of nitrogens with zero attached hydrogens (tertiary/aromatic N) is 2. The van der Waals surface area contributed by atoms with Crippen LogP contribution in [0.3, 0.4) is 0 Å². The predicted molar refractivity (Wildman–Crippen MR) is 75.8 cm³/mol. The van der Waals surface area contributed by atoms with Crippen LogP contribution in [-0.2, 0) is 0 Å². The number of carbonyl (C=O) groups excluding carboxylic acids is 1. The normalized spacial score (nSPS) is 10.6. The summed E-state index contributed by atoms with van der Waals surface area (Å²) < 4.78 is 0. The van der Waals surface area contributed by atoms with E-state index < -0.39 is 0 Å². The van der Waals surface area contributed by atoms with Gasteiger partial charge in [0.1, 0.15) is 0 Å². The molecule has 1 amide bonds. The van der Waals surface area contributed by atoms with Gasteiger partial charge in [-0.25, -0.2) is 5.43 Å². The van der Waals surface area contributed by atoms with E-state index in [0.29, 0.717) is 21.2 Å². The number of pyridine rings is 1. The van der Waals surface area contributed by atoms with Gasteiger partial charge in [0.05, 0.1) is 16.8 Å². The molecule has 0 saturated carbocycles. The molecule has 1 N–H and O–H groups in total. The van der Waals surface area contributed by atoms with Crippen molar-refractivity contribution in [3.05, 3.63) is 63.9 Å². The number of amides is 1. The second kappa shape index (κ2) is 6.31. The van der Waals surface area contributed by atoms with E-state index in [1.165, 1.54) is 12.4 Å². The molecule has 0 unspecified atom stereocenters. The Labute approximate surface area is 120 Å². The van der Waals surface area contributed by atoms with Crippen molar-refractivity contribution in [1.82, 2.24) is 10.4 Å². The van der Waals surface area contributed by atoms with Crippen LogP contribution in [0.5, 0.6) is 0 Å². The smallest absolute Gasteiger partial charge is 0.267 e. The van der Waals surface area contributed by atoms with Crippen LogP contribution >= 0.6 is 23.2 Å². The lowest BCUT2D eigenvalue weighted by Crippen LogP contribution is -2.17. The highest BCUT2D eigenvalue weighted by Gasteiger charge is 2.03. The van der Waals surface area contributed by atoms with Crippen molar-refractivity contribution in [3.8, 4) is 0 Å². The second-order valence-electron chi connectivity index (χ2n) is 3.61. The Morgan fingerprint density at radius 3 is 2.84 bits per heavy atom. The largest absolute Gasteiger partial charge is 0.272 e. The third-order valence-electron chi connectivity index (χ3n) is 2.26. The molecule has 0 saturated heterocycles. The van der Waals surface area contributed by atoms with Crippen molar-refractivity contribution < 1.29 is 4.79 Å². The first-order chi connectivity index (χ1) is 9.16. The summed E-state index contributed by atoms with van der Waals surface area (Å²) in [6, 6.07) is 8.33. The van der Waals surface area contributed by atoms with Crippen LogP contribution in [-0.4, -0.2) is 17.1 Å². The summed E-state index contributed by atoms with van der Waals surface area (Å²) in [5.74, 6) is -0.338. The predicted octanol–water partition coefficient (Wildman–Crippen LogP) is 3.15. The van der Waals surface area contributed by atoms with E-state index in [1.54, 1.807) is 36.5 Å². The Hall–Kier alpha value is -1.91. The van der Waals surface area contributed by atoms with Gasteiger partial charge >= 0.3 is 0 Å². The van der Waals surface area contributed by atoms with E-state index >= 15 is 0 Å². The highest BCUT2D eigenvalue weighted by atomic mass is 35.5. The van der Waals surface area contributed by atoms with Gasteiger partial charge in [-0.15, -0.1) is 0 Å². The molecule has 6 heteroatoms. The van der Waals surface area contributed by atoms with Gasteiger partial charge in [-0.3, -0.25) is 9.78 Å². The lowest BCUT2D eigenvalue weighted by atomic mass is 10.2. The molecule has 96 valence electrons. The van der Waals surface area contributed by atoms with Crippen molar-refractivity contribution in [3.63, 3.8) is 0 Å². The number of carbonyl (C=O) groups is 1. The molecule has 0 radical (unpaired) electrons. The molecule has 0 aliphatic rings. The Morgan fingerprint density at radius 1 is 1.32 bits per heavy atom. The zero-order chi connectivity index (χ0) is 13.7. The number of hydrazone groups is 1. The molecule has 1 aromatic carbocycles. The first-order valence-electron chi connectivity index (χ1n) is 5.35. The van der Waals surface area contributed by atoms with Gasteiger partial charge in [0, 0.05) is 23.0 Å². The lowest BCUT2D eigenvalue weighted by Gasteiger charge is -2.00. The van der Waals surface area contributed by atoms with Crippen molar-refractivity contribution in [2.75, 3.05) is 0 Å². The maximum absolute atomic E-state index is 11.7. The Morgan fingerprint density at radius 2 is 2.16 bits per heavy atom. The molecule has 4 nitrogen and oxygen atoms in total. The molecule has 0 bridgehead atoms. The van der Waals surface area contributed by atoms with Crippen LogP contribution in [0, 0.1) is 0 Å². The zero-order valence-corrected chi connectivity index (χ0v) is 11.2. The maximum Gasteiger partial charge on any atom is 0.272 e. The van der Waals surface area contributed by atoms with Crippen LogP contribution in [0.15, 0.2) is 47.8 Å². The number of aromatic nitrogens is 1. The van der Waals surface area contributed by atoms with Crippen LogP contribution in [0.4, 0.5) is 0 Å². The van der Waals surface area contributed by atoms with Crippen LogP contribution in [0.2, 0.25) is 10.0 Å². The van der Waals surface area contributed by atoms with Crippen LogP contribution in [0.25, 0.3) is 0 Å². The van der Waals surface area contributed by atoms with E-state index in [9.17, 15) is 4.79 Å². The molecule has 2 aromatic rings. The fraction of sp³-hybridized carbons (Fsp3) is 0. The molecule has 1 heterocycles. The van der Waals surface area contributed by atoms with Gasteiger partial charge in [0.2, 0.25) is 0 Å². The molecule has 0 fully saturated rings. The number of nitrogens with one attached hydrogen (secondary N) is 1. The highest BCUT2D eigenvalue weighted by Crippen LogP contribution is 2.19. The number of rotatable bonds is 3. The van der Waals surface area contributed by atoms with Crippen molar-refractivity contribution in [2.24, 2.45) is 5.10 Å². The van der Waals surface area contributed by atoms with Gasteiger partial charge in [-0.1, -0.05) is 29.3 Å². The maximum atomic E-state index is 11.7. The summed E-state index contributed by atoms with van der Waals surface area (Å²) in [4.78, 5) is 15.5. The first kappa shape index (κ1) is 13.5. The SMILES string of the molecule is O=C(N/N=C\c1ccc(Cl)cc1Cl)c1cccnc1. The summed E-state index contributed by atoms with van der Waals surface area (Å²) in [6.07, 6.45) is 4.50. The minimum absolute atomic E-state index is 0.338. The number of halogens is 2. The minimum Gasteiger partial charge on any atom is -0.267 e. The molecule has 2 rings (SSSR count). The second-order valence-corrected chi connectivity index (χ2v) is 4.45. The number of hydrogen-bond acceptors (Lipinski definition) is 3. The molecule has 0 aliphatic carbocycles. The van der Waals surface area contributed by atoms with Gasteiger partial charge in [0.15, 0.2) is 0 Å². The van der Waals surface area contributed by atoms with Gasteiger partial charge < -0.3 is 0 Å². The summed E-state index contributed by atoms with van der Waals surface area (Å²) >= 11 is 11.7. The van der Waals surface area contributed by atoms with Crippen LogP contribution in [0.1, 0.15) is 15.9 Å². The molecule has 0 aliphatic heterocycles. The van der Waals surface area contributed by atoms with Crippen LogP contribution < -0.4 is 5.43 Å². The first-order valence-corrected chi connectivity index (χ1v) is 6.11. The average Bonchev–Trinajstić information content (AvgIpc) is 2.42. The Bertz CT molecular complexity index is 615. The van der Waals surface area contributed by atoms with Gasteiger partial charge in [-0.2, -0.15) is 5.10 Å². The molecule has 0 spiro atoms. The fourth-order valence-corrected chi connectivity index (χ4v) is 1.79. The third kappa shape index (κ3) is 3.77. The topological polar surface area (TPSA) is 54.4 Å². The zero-order valence-electron chi connectivity index (χ0n) is 9.68. The molecule has 19 heavy (non-hydrogen) atoms. The quantitative estimate of drug-likeness (QED) is 0.698. The number of benzene rings is 1. The van der Waals surface area contributed by atoms with Gasteiger partial charge in [-0.05, 0) is 24.3 Å². The fourth-order valence-electron chi connectivity index (χ4n) is 1.33. The highest BCUT2D eigenvalue weighted by molar-refractivity contribution is 6.36. The Balaban J connectivity index is 2.02. The van der Waals surface area contributed by atoms with Crippen molar-refractivity contribution in [2.45, 2.75) is 0 Å². The summed E-state index contributed by atoms with van der Waals surface area (Å²) in [5.41, 5.74) is 3.48. The van der Waals surface area contributed by atoms with Gasteiger partial charge in [0.25, 0.3) is 5.91 Å². The summed E-state index contributed by atoms with van der Waals surface area (Å²) in [5, 5.41) is 4.84. The van der Waals surface area contributed by atoms with E-state index in [0.717, 1.165) is 0 Å². The average molecular weight is 294 g/mol. The summed E-state index contributed by atoms with van der Waals surface area (Å²) in [7, 11) is 0. The Kier molecular flexibility index (Phi) is 4.49.